The van der Waals surface area contributed by atoms with Gasteiger partial charge in [-0.2, -0.15) is 14.1 Å². The zero-order chi connectivity index (χ0) is 23.1. The Balaban J connectivity index is -0.000000263. The maximum atomic E-state index is 11.1. The summed E-state index contributed by atoms with van der Waals surface area (Å²) in [6, 6.07) is 0. The minimum absolute atomic E-state index is 0. The van der Waals surface area contributed by atoms with Gasteiger partial charge in [0.15, 0.2) is 17.5 Å². The van der Waals surface area contributed by atoms with E-state index in [9.17, 15) is 9.59 Å². The Bertz CT molecular complexity index is 1120. The number of thiazole rings is 2. The molecule has 38 heavy (non-hydrogen) atoms. The Morgan fingerprint density at radius 2 is 1.42 bits per heavy atom. The summed E-state index contributed by atoms with van der Waals surface area (Å²) < 4.78 is 10.4. The van der Waals surface area contributed by atoms with Crippen molar-refractivity contribution < 1.29 is 60.6 Å². The van der Waals surface area contributed by atoms with E-state index in [0.29, 0.717) is 52.7 Å². The van der Waals surface area contributed by atoms with E-state index in [2.05, 4.69) is 30.6 Å². The molecule has 4 aromatic rings. The molecule has 6 radical (unpaired) electrons. The van der Waals surface area contributed by atoms with Crippen LogP contribution in [0.3, 0.4) is 0 Å². The number of hydrogen-bond acceptors (Lipinski definition) is 10. The number of oxazole rings is 2. The first kappa shape index (κ1) is 43.5. The van der Waals surface area contributed by atoms with Crippen LogP contribution in [0.5, 0.6) is 0 Å². The van der Waals surface area contributed by atoms with Crippen molar-refractivity contribution in [3.05, 3.63) is 56.2 Å². The molecule has 4 aromatic heterocycles. The molecule has 4 heterocycles. The van der Waals surface area contributed by atoms with Crippen LogP contribution in [0.1, 0.15) is 60.6 Å². The first-order valence-electron chi connectivity index (χ1n) is 9.35. The minimum Gasteiger partial charge on any atom is -0.659 e. The Labute approximate surface area is 264 Å². The van der Waals surface area contributed by atoms with Crippen molar-refractivity contribution in [1.29, 1.82) is 0 Å². The molecule has 0 aliphatic carbocycles. The maximum absolute atomic E-state index is 11.1. The van der Waals surface area contributed by atoms with E-state index < -0.39 is 0 Å². The van der Waals surface area contributed by atoms with Gasteiger partial charge in [-0.15, -0.1) is 22.7 Å². The molecular weight excluding hydrogens is 866 g/mol. The van der Waals surface area contributed by atoms with Crippen molar-refractivity contribution >= 4 is 51.1 Å². The number of aromatic nitrogens is 4. The summed E-state index contributed by atoms with van der Waals surface area (Å²) >= 11 is 2.87. The van der Waals surface area contributed by atoms with Crippen molar-refractivity contribution in [1.82, 2.24) is 19.9 Å². The number of ketones is 2. The molecule has 0 bridgehead atoms. The van der Waals surface area contributed by atoms with E-state index >= 15 is 0 Å². The third kappa shape index (κ3) is 12.1. The van der Waals surface area contributed by atoms with Crippen LogP contribution in [-0.4, -0.2) is 62.4 Å². The maximum Gasteiger partial charge on any atom is 0.246 e. The summed E-state index contributed by atoms with van der Waals surface area (Å²) in [5.41, 5.74) is 2.08. The zero-order valence-corrected chi connectivity index (χ0v) is 27.3. The SMILES string of the molecule is C.C.C[N-]Cc1nc(-c2nc(C(C)=O)co2)cs1.C[N-]Cc1nc(-c2nc(C(C)=O)cs2)co1.[B].[B].[W].[W]. The van der Waals surface area contributed by atoms with Crippen LogP contribution in [0.25, 0.3) is 32.9 Å². The average Bonchev–Trinajstić information content (AvgIpc) is 3.53. The molecule has 0 unspecified atom stereocenters. The standard InChI is InChI=1S/2C10H10N3O2S.2CH4.2B.2W/c1-6(14)8-5-16-10(13-8)7-4-15-9(12-7)3-11-2;1-6(14)7-4-15-10(13-7)8-5-16-9(12-8)3-11-2;;;;;;/h2*4-5H,3H2,1-2H3;2*1H4;;;;/q2*-1;;;;;;. The first-order valence-corrected chi connectivity index (χ1v) is 11.1. The average molecular weight is 894 g/mol. The molecule has 0 saturated carbocycles. The normalized spacial score (nSPS) is 8.95. The second-order valence-corrected chi connectivity index (χ2v) is 8.19. The number of Topliss-reactive ketones (excluding diaryl/α,β-unsaturated/α-hetero) is 2. The molecule has 0 N–H and O–H groups in total. The third-order valence-corrected chi connectivity index (χ3v) is 5.56. The van der Waals surface area contributed by atoms with Crippen LogP contribution >= 0.6 is 22.7 Å². The quantitative estimate of drug-likeness (QED) is 0.167. The smallest absolute Gasteiger partial charge is 0.246 e. The van der Waals surface area contributed by atoms with E-state index in [0.717, 1.165) is 5.01 Å². The molecule has 10 nitrogen and oxygen atoms in total. The molecule has 0 aliphatic heterocycles. The van der Waals surface area contributed by atoms with Crippen molar-refractivity contribution in [2.75, 3.05) is 14.1 Å². The van der Waals surface area contributed by atoms with E-state index in [-0.39, 0.29) is 85.4 Å². The van der Waals surface area contributed by atoms with Crippen molar-refractivity contribution in [3.8, 4) is 22.3 Å². The summed E-state index contributed by atoms with van der Waals surface area (Å²) in [5, 5.41) is 13.1. The van der Waals surface area contributed by atoms with Crippen LogP contribution in [-0.2, 0) is 55.2 Å². The van der Waals surface area contributed by atoms with Gasteiger partial charge in [0.1, 0.15) is 40.3 Å². The second kappa shape index (κ2) is 21.3. The summed E-state index contributed by atoms with van der Waals surface area (Å²) in [5.74, 6) is 0.768. The Morgan fingerprint density at radius 1 is 0.789 bits per heavy atom. The van der Waals surface area contributed by atoms with E-state index in [4.69, 9.17) is 8.83 Å². The van der Waals surface area contributed by atoms with E-state index in [1.165, 1.54) is 49.0 Å². The molecule has 0 saturated heterocycles. The first-order chi connectivity index (χ1) is 15.4. The van der Waals surface area contributed by atoms with Gasteiger partial charge in [0.2, 0.25) is 5.89 Å². The van der Waals surface area contributed by atoms with Crippen LogP contribution in [0, 0.1) is 0 Å². The number of nitrogens with zero attached hydrogens (tertiary/aromatic N) is 6. The van der Waals surface area contributed by atoms with E-state index in [1.54, 1.807) is 19.5 Å². The van der Waals surface area contributed by atoms with Gasteiger partial charge in [0.25, 0.3) is 0 Å². The minimum atomic E-state index is -0.117. The molecule has 0 aromatic carbocycles. The fourth-order valence-electron chi connectivity index (χ4n) is 2.34. The largest absolute Gasteiger partial charge is 0.659 e. The van der Waals surface area contributed by atoms with Crippen LogP contribution in [0.4, 0.5) is 0 Å². The second-order valence-electron chi connectivity index (χ2n) is 6.39. The monoisotopic (exact) mass is 894 g/mol. The Kier molecular flexibility index (Phi) is 24.4. The van der Waals surface area contributed by atoms with Crippen LogP contribution < -0.4 is 0 Å². The number of carbonyl (C=O) groups excluding carboxylic acids is 2. The van der Waals surface area contributed by atoms with Gasteiger partial charge in [-0.25, -0.2) is 19.9 Å². The number of rotatable bonds is 8. The van der Waals surface area contributed by atoms with Crippen molar-refractivity contribution in [3.63, 3.8) is 0 Å². The van der Waals surface area contributed by atoms with Gasteiger partial charge in [-0.3, -0.25) is 9.59 Å². The van der Waals surface area contributed by atoms with Gasteiger partial charge < -0.3 is 19.5 Å². The molecule has 0 atom stereocenters. The molecule has 16 heteroatoms. The van der Waals surface area contributed by atoms with E-state index in [1.807, 2.05) is 5.38 Å². The molecule has 0 fully saturated rings. The summed E-state index contributed by atoms with van der Waals surface area (Å²) in [4.78, 5) is 38.9. The molecule has 0 aliphatic rings. The van der Waals surface area contributed by atoms with Gasteiger partial charge in [0, 0.05) is 83.6 Å². The molecule has 0 amide bonds. The number of carbonyl (C=O) groups is 2. The zero-order valence-electron chi connectivity index (χ0n) is 19.8. The molecular formula is C22H28B2N6O4S2W2-2. The Morgan fingerprint density at radius 3 is 1.95 bits per heavy atom. The Hall–Kier alpha value is -1.55. The summed E-state index contributed by atoms with van der Waals surface area (Å²) in [6.07, 6.45) is 2.88. The topological polar surface area (TPSA) is 140 Å². The van der Waals surface area contributed by atoms with Crippen molar-refractivity contribution in [2.45, 2.75) is 41.8 Å². The van der Waals surface area contributed by atoms with Gasteiger partial charge in [0.05, 0.1) is 5.01 Å². The van der Waals surface area contributed by atoms with Gasteiger partial charge in [-0.05, 0) is 0 Å². The summed E-state index contributed by atoms with van der Waals surface area (Å²) in [7, 11) is 3.43. The third-order valence-electron chi connectivity index (χ3n) is 3.86. The van der Waals surface area contributed by atoms with Crippen LogP contribution in [0.2, 0.25) is 0 Å². The summed E-state index contributed by atoms with van der Waals surface area (Å²) in [6.45, 7) is 3.98. The molecule has 202 valence electrons. The van der Waals surface area contributed by atoms with Crippen LogP contribution in [0.15, 0.2) is 32.1 Å². The predicted octanol–water partition coefficient (Wildman–Crippen LogP) is 5.51. The van der Waals surface area contributed by atoms with Crippen molar-refractivity contribution in [2.24, 2.45) is 0 Å². The molecule has 0 spiro atoms. The number of hydrogen-bond donors (Lipinski definition) is 0. The predicted molar refractivity (Wildman–Crippen MR) is 146 cm³/mol. The fourth-order valence-corrected chi connectivity index (χ4v) is 3.90. The fraction of sp³-hybridized carbons (Fsp3) is 0.364. The van der Waals surface area contributed by atoms with Gasteiger partial charge >= 0.3 is 0 Å². The van der Waals surface area contributed by atoms with Gasteiger partial charge in [-0.1, -0.05) is 27.9 Å². The molecule has 4 rings (SSSR count).